The third-order valence-corrected chi connectivity index (χ3v) is 4.18. The molecule has 0 unspecified atom stereocenters. The van der Waals surface area contributed by atoms with Crippen molar-refractivity contribution in [2.75, 3.05) is 13.2 Å². The molecule has 2 rings (SSSR count). The summed E-state index contributed by atoms with van der Waals surface area (Å²) >= 11 is 5.25. The summed E-state index contributed by atoms with van der Waals surface area (Å²) < 4.78 is 11.6. The molecule has 0 atom stereocenters. The Bertz CT molecular complexity index is 751. The van der Waals surface area contributed by atoms with Crippen molar-refractivity contribution in [2.24, 2.45) is 5.10 Å². The van der Waals surface area contributed by atoms with Crippen LogP contribution in [0.4, 0.5) is 0 Å². The van der Waals surface area contributed by atoms with E-state index in [0.29, 0.717) is 24.9 Å². The third kappa shape index (κ3) is 7.96. The van der Waals surface area contributed by atoms with Crippen LogP contribution in [-0.4, -0.2) is 24.5 Å². The Labute approximate surface area is 173 Å². The van der Waals surface area contributed by atoms with Crippen molar-refractivity contribution >= 4 is 23.5 Å². The van der Waals surface area contributed by atoms with Crippen molar-refractivity contribution in [3.05, 3.63) is 59.7 Å². The summed E-state index contributed by atoms with van der Waals surface area (Å²) in [4.78, 5) is 0. The number of hydrogen-bond acceptors (Lipinski definition) is 4. The molecule has 6 heteroatoms. The first-order chi connectivity index (χ1) is 13.7. The highest BCUT2D eigenvalue weighted by Crippen LogP contribution is 2.28. The molecule has 28 heavy (non-hydrogen) atoms. The molecule has 2 N–H and O–H groups in total. The molecule has 0 spiro atoms. The minimum absolute atomic E-state index is 0.473. The zero-order valence-corrected chi connectivity index (χ0v) is 17.4. The van der Waals surface area contributed by atoms with Crippen LogP contribution in [0.5, 0.6) is 11.5 Å². The van der Waals surface area contributed by atoms with Crippen LogP contribution >= 0.6 is 12.2 Å². The molecule has 0 aliphatic heterocycles. The number of ether oxygens (including phenoxy) is 2. The highest BCUT2D eigenvalue weighted by atomic mass is 32.1. The van der Waals surface area contributed by atoms with Crippen LogP contribution < -0.4 is 20.2 Å². The molecule has 0 aliphatic carbocycles. The van der Waals surface area contributed by atoms with E-state index in [1.54, 1.807) is 6.21 Å². The van der Waals surface area contributed by atoms with Crippen LogP contribution in [-0.2, 0) is 6.54 Å². The van der Waals surface area contributed by atoms with Crippen LogP contribution in [0.15, 0.2) is 53.6 Å². The molecule has 0 saturated heterocycles. The Morgan fingerprint density at radius 3 is 2.61 bits per heavy atom. The fourth-order valence-corrected chi connectivity index (χ4v) is 2.63. The van der Waals surface area contributed by atoms with Crippen LogP contribution in [0, 0.1) is 0 Å². The third-order valence-electron chi connectivity index (χ3n) is 3.95. The Kier molecular flexibility index (Phi) is 9.86. The van der Waals surface area contributed by atoms with Gasteiger partial charge in [-0.1, -0.05) is 50.1 Å². The molecule has 0 saturated carbocycles. The van der Waals surface area contributed by atoms with Gasteiger partial charge in [0.2, 0.25) is 0 Å². The standard InChI is InChI=1S/C22H29N3O2S/c1-3-5-9-14-27-20-13-12-19(15-21(20)26-4-2)17-24-25-22(28)23-16-18-10-7-6-8-11-18/h6-8,10-13,15,17H,3-5,9,14,16H2,1-2H3,(H2,23,25,28)/b24-17+. The predicted molar refractivity (Wildman–Crippen MR) is 119 cm³/mol. The number of thiocarbonyl (C=S) groups is 1. The first kappa shape index (κ1) is 21.7. The Morgan fingerprint density at radius 2 is 1.86 bits per heavy atom. The van der Waals surface area contributed by atoms with Crippen molar-refractivity contribution < 1.29 is 9.47 Å². The molecular formula is C22H29N3O2S. The molecule has 0 aliphatic rings. The van der Waals surface area contributed by atoms with Gasteiger partial charge in [-0.25, -0.2) is 0 Å². The molecule has 0 bridgehead atoms. The van der Waals surface area contributed by atoms with E-state index in [9.17, 15) is 0 Å². The van der Waals surface area contributed by atoms with E-state index in [0.717, 1.165) is 29.0 Å². The van der Waals surface area contributed by atoms with Gasteiger partial charge in [-0.15, -0.1) is 0 Å². The summed E-state index contributed by atoms with van der Waals surface area (Å²) in [6, 6.07) is 15.9. The van der Waals surface area contributed by atoms with Crippen molar-refractivity contribution in [3.63, 3.8) is 0 Å². The fourth-order valence-electron chi connectivity index (χ4n) is 2.51. The van der Waals surface area contributed by atoms with Gasteiger partial charge < -0.3 is 14.8 Å². The van der Waals surface area contributed by atoms with E-state index >= 15 is 0 Å². The summed E-state index contributed by atoms with van der Waals surface area (Å²) in [7, 11) is 0. The van der Waals surface area contributed by atoms with Crippen molar-refractivity contribution in [2.45, 2.75) is 39.7 Å². The van der Waals surface area contributed by atoms with Crippen LogP contribution in [0.1, 0.15) is 44.2 Å². The number of nitrogens with one attached hydrogen (secondary N) is 2. The summed E-state index contributed by atoms with van der Waals surface area (Å²) in [6.07, 6.45) is 5.09. The molecule has 2 aromatic carbocycles. The van der Waals surface area contributed by atoms with Gasteiger partial charge in [-0.3, -0.25) is 5.43 Å². The minimum Gasteiger partial charge on any atom is -0.490 e. The predicted octanol–water partition coefficient (Wildman–Crippen LogP) is 4.65. The molecule has 0 amide bonds. The summed E-state index contributed by atoms with van der Waals surface area (Å²) in [5.41, 5.74) is 4.90. The topological polar surface area (TPSA) is 54.9 Å². The lowest BCUT2D eigenvalue weighted by Gasteiger charge is -2.12. The highest BCUT2D eigenvalue weighted by Gasteiger charge is 2.06. The number of rotatable bonds is 11. The monoisotopic (exact) mass is 399 g/mol. The SMILES string of the molecule is CCCCCOc1ccc(/C=N/NC(=S)NCc2ccccc2)cc1OCC. The first-order valence-electron chi connectivity index (χ1n) is 9.73. The summed E-state index contributed by atoms with van der Waals surface area (Å²) in [6.45, 7) is 6.07. The van der Waals surface area contributed by atoms with Gasteiger partial charge in [0.15, 0.2) is 16.6 Å². The Balaban J connectivity index is 1.85. The summed E-state index contributed by atoms with van der Waals surface area (Å²) in [5.74, 6) is 1.50. The van der Waals surface area contributed by atoms with Gasteiger partial charge in [0.25, 0.3) is 0 Å². The van der Waals surface area contributed by atoms with E-state index < -0.39 is 0 Å². The molecule has 0 radical (unpaired) electrons. The summed E-state index contributed by atoms with van der Waals surface area (Å²) in [5, 5.41) is 7.79. The second-order valence-corrected chi connectivity index (χ2v) is 6.64. The van der Waals surface area contributed by atoms with Gasteiger partial charge in [-0.2, -0.15) is 5.10 Å². The molecule has 150 valence electrons. The Morgan fingerprint density at radius 1 is 1.04 bits per heavy atom. The largest absolute Gasteiger partial charge is 0.490 e. The van der Waals surface area contributed by atoms with Gasteiger partial charge >= 0.3 is 0 Å². The lowest BCUT2D eigenvalue weighted by atomic mass is 10.2. The molecule has 2 aromatic rings. The molecule has 0 heterocycles. The maximum Gasteiger partial charge on any atom is 0.187 e. The molecular weight excluding hydrogens is 370 g/mol. The minimum atomic E-state index is 0.473. The highest BCUT2D eigenvalue weighted by molar-refractivity contribution is 7.80. The van der Waals surface area contributed by atoms with E-state index in [4.69, 9.17) is 21.7 Å². The second kappa shape index (κ2) is 12.7. The van der Waals surface area contributed by atoms with Crippen molar-refractivity contribution in [3.8, 4) is 11.5 Å². The van der Waals surface area contributed by atoms with Crippen LogP contribution in [0.25, 0.3) is 0 Å². The van der Waals surface area contributed by atoms with Crippen molar-refractivity contribution in [1.29, 1.82) is 0 Å². The second-order valence-electron chi connectivity index (χ2n) is 6.23. The maximum absolute atomic E-state index is 5.85. The average molecular weight is 400 g/mol. The van der Waals surface area contributed by atoms with Crippen LogP contribution in [0.2, 0.25) is 0 Å². The zero-order chi connectivity index (χ0) is 20.0. The van der Waals surface area contributed by atoms with E-state index in [1.165, 1.54) is 12.8 Å². The smallest absolute Gasteiger partial charge is 0.187 e. The lowest BCUT2D eigenvalue weighted by molar-refractivity contribution is 0.271. The quantitative estimate of drug-likeness (QED) is 0.249. The number of benzene rings is 2. The van der Waals surface area contributed by atoms with Crippen LogP contribution in [0.3, 0.4) is 0 Å². The lowest BCUT2D eigenvalue weighted by Crippen LogP contribution is -2.31. The normalized spacial score (nSPS) is 10.6. The van der Waals surface area contributed by atoms with Gasteiger partial charge in [0, 0.05) is 6.54 Å². The first-order valence-corrected chi connectivity index (χ1v) is 10.1. The fraction of sp³-hybridized carbons (Fsp3) is 0.364. The molecule has 0 aromatic heterocycles. The van der Waals surface area contributed by atoms with Gasteiger partial charge in [0.1, 0.15) is 0 Å². The number of hydrazone groups is 1. The number of hydrogen-bond donors (Lipinski definition) is 2. The molecule has 0 fully saturated rings. The Hall–Kier alpha value is -2.60. The van der Waals surface area contributed by atoms with Gasteiger partial charge in [0.05, 0.1) is 19.4 Å². The van der Waals surface area contributed by atoms with Crippen molar-refractivity contribution in [1.82, 2.24) is 10.7 Å². The molecule has 5 nitrogen and oxygen atoms in total. The van der Waals surface area contributed by atoms with E-state index in [1.807, 2.05) is 55.5 Å². The maximum atomic E-state index is 5.85. The average Bonchev–Trinajstić information content (AvgIpc) is 2.72. The number of nitrogens with zero attached hydrogens (tertiary/aromatic N) is 1. The van der Waals surface area contributed by atoms with E-state index in [-0.39, 0.29) is 0 Å². The van der Waals surface area contributed by atoms with E-state index in [2.05, 4.69) is 22.8 Å². The zero-order valence-electron chi connectivity index (χ0n) is 16.6. The van der Waals surface area contributed by atoms with Gasteiger partial charge in [-0.05, 0) is 54.9 Å². The number of unbranched alkanes of at least 4 members (excludes halogenated alkanes) is 2.